The quantitative estimate of drug-likeness (QED) is 0.899. The van der Waals surface area contributed by atoms with Gasteiger partial charge in [0.15, 0.2) is 0 Å². The van der Waals surface area contributed by atoms with E-state index in [1.807, 2.05) is 5.10 Å². The Kier molecular flexibility index (Phi) is 4.97. The molecule has 0 spiro atoms. The second-order valence-electron chi connectivity index (χ2n) is 6.11. The smallest absolute Gasteiger partial charge is 0.275 e. The fourth-order valence-corrected chi connectivity index (χ4v) is 2.98. The van der Waals surface area contributed by atoms with E-state index in [9.17, 15) is 22.8 Å². The van der Waals surface area contributed by atoms with E-state index in [1.165, 1.54) is 17.0 Å². The van der Waals surface area contributed by atoms with Gasteiger partial charge in [-0.05, 0) is 30.2 Å². The molecule has 0 saturated carbocycles. The fourth-order valence-electron chi connectivity index (χ4n) is 2.98. The standard InChI is InChI=1S/C17H17F3N4O2/c1-10-6-12(18)3-2-11(10)8-24-5-4-23(9-14(24)25)13-7-21-22-17(26)15(13)16(19)20/h2-3,6-7,16H,4-5,8-9H2,1H3,(H,22,26). The van der Waals surface area contributed by atoms with Gasteiger partial charge in [-0.3, -0.25) is 9.59 Å². The number of benzene rings is 1. The Hall–Kier alpha value is -2.84. The summed E-state index contributed by atoms with van der Waals surface area (Å²) in [6, 6.07) is 4.35. The molecule has 6 nitrogen and oxygen atoms in total. The third-order valence-electron chi connectivity index (χ3n) is 4.42. The highest BCUT2D eigenvalue weighted by Gasteiger charge is 2.29. The van der Waals surface area contributed by atoms with Crippen molar-refractivity contribution < 1.29 is 18.0 Å². The van der Waals surface area contributed by atoms with Crippen molar-refractivity contribution in [1.29, 1.82) is 0 Å². The fraction of sp³-hybridized carbons (Fsp3) is 0.353. The normalized spacial score (nSPS) is 15.0. The number of alkyl halides is 2. The maximum atomic E-state index is 13.2. The van der Waals surface area contributed by atoms with Crippen molar-refractivity contribution in [3.05, 3.63) is 57.3 Å². The maximum absolute atomic E-state index is 13.2. The van der Waals surface area contributed by atoms with Crippen LogP contribution in [0.2, 0.25) is 0 Å². The van der Waals surface area contributed by atoms with Crippen molar-refractivity contribution >= 4 is 11.6 Å². The Labute approximate surface area is 147 Å². The number of piperazine rings is 1. The molecular formula is C17H17F3N4O2. The van der Waals surface area contributed by atoms with Crippen molar-refractivity contribution in [1.82, 2.24) is 15.1 Å². The molecule has 1 N–H and O–H groups in total. The van der Waals surface area contributed by atoms with Crippen LogP contribution in [0.1, 0.15) is 23.1 Å². The molecule has 3 rings (SSSR count). The van der Waals surface area contributed by atoms with Crippen LogP contribution in [0.25, 0.3) is 0 Å². The molecule has 1 saturated heterocycles. The van der Waals surface area contributed by atoms with Gasteiger partial charge in [0.2, 0.25) is 5.91 Å². The van der Waals surface area contributed by atoms with E-state index in [-0.39, 0.29) is 30.5 Å². The Morgan fingerprint density at radius 2 is 2.04 bits per heavy atom. The third-order valence-corrected chi connectivity index (χ3v) is 4.42. The lowest BCUT2D eigenvalue weighted by atomic mass is 10.1. The minimum atomic E-state index is -2.97. The molecule has 1 fully saturated rings. The summed E-state index contributed by atoms with van der Waals surface area (Å²) >= 11 is 0. The van der Waals surface area contributed by atoms with Crippen LogP contribution < -0.4 is 10.5 Å². The van der Waals surface area contributed by atoms with E-state index in [4.69, 9.17) is 0 Å². The molecule has 9 heteroatoms. The number of anilines is 1. The van der Waals surface area contributed by atoms with Crippen molar-refractivity contribution in [2.75, 3.05) is 24.5 Å². The number of aromatic amines is 1. The van der Waals surface area contributed by atoms with Crippen LogP contribution in [0.5, 0.6) is 0 Å². The SMILES string of the molecule is Cc1cc(F)ccc1CN1CCN(c2cn[nH]c(=O)c2C(F)F)CC1=O. The summed E-state index contributed by atoms with van der Waals surface area (Å²) in [6.45, 7) is 2.52. The van der Waals surface area contributed by atoms with Gasteiger partial charge in [0, 0.05) is 19.6 Å². The van der Waals surface area contributed by atoms with Crippen molar-refractivity contribution in [2.24, 2.45) is 0 Å². The van der Waals surface area contributed by atoms with Crippen LogP contribution in [0.4, 0.5) is 18.9 Å². The minimum absolute atomic E-state index is 0.0327. The lowest BCUT2D eigenvalue weighted by molar-refractivity contribution is -0.131. The predicted molar refractivity (Wildman–Crippen MR) is 88.6 cm³/mol. The summed E-state index contributed by atoms with van der Waals surface area (Å²) in [5.41, 5.74) is -0.127. The van der Waals surface area contributed by atoms with Crippen molar-refractivity contribution in [3.63, 3.8) is 0 Å². The van der Waals surface area contributed by atoms with Crippen LogP contribution in [0.3, 0.4) is 0 Å². The number of halogens is 3. The second kappa shape index (κ2) is 7.19. The number of hydrogen-bond donors (Lipinski definition) is 1. The van der Waals surface area contributed by atoms with E-state index in [2.05, 4.69) is 5.10 Å². The molecule has 1 aliphatic heterocycles. The molecule has 1 amide bonds. The van der Waals surface area contributed by atoms with Crippen LogP contribution in [0, 0.1) is 12.7 Å². The highest BCUT2D eigenvalue weighted by Crippen LogP contribution is 2.27. The number of hydrogen-bond acceptors (Lipinski definition) is 4. The van der Waals surface area contributed by atoms with E-state index in [0.717, 1.165) is 17.3 Å². The molecule has 1 aliphatic rings. The molecule has 2 heterocycles. The molecule has 0 bridgehead atoms. The first-order chi connectivity index (χ1) is 12.4. The van der Waals surface area contributed by atoms with Gasteiger partial charge in [-0.2, -0.15) is 5.10 Å². The topological polar surface area (TPSA) is 69.3 Å². The Bertz CT molecular complexity index is 885. The van der Waals surface area contributed by atoms with Gasteiger partial charge in [-0.25, -0.2) is 18.3 Å². The lowest BCUT2D eigenvalue weighted by Crippen LogP contribution is -2.50. The molecule has 0 radical (unpaired) electrons. The molecule has 0 unspecified atom stereocenters. The monoisotopic (exact) mass is 366 g/mol. The average molecular weight is 366 g/mol. The molecule has 0 atom stereocenters. The van der Waals surface area contributed by atoms with Crippen LogP contribution in [0.15, 0.2) is 29.2 Å². The molecule has 1 aromatic carbocycles. The summed E-state index contributed by atoms with van der Waals surface area (Å²) in [6.07, 6.45) is -1.83. The maximum Gasteiger partial charge on any atom is 0.275 e. The van der Waals surface area contributed by atoms with Gasteiger partial charge in [0.05, 0.1) is 18.4 Å². The van der Waals surface area contributed by atoms with Gasteiger partial charge in [-0.1, -0.05) is 6.07 Å². The van der Waals surface area contributed by atoms with E-state index in [0.29, 0.717) is 13.1 Å². The first-order valence-corrected chi connectivity index (χ1v) is 8.00. The first-order valence-electron chi connectivity index (χ1n) is 8.00. The number of H-pyrrole nitrogens is 1. The summed E-state index contributed by atoms with van der Waals surface area (Å²) in [5.74, 6) is -0.607. The van der Waals surface area contributed by atoms with Gasteiger partial charge in [0.1, 0.15) is 11.4 Å². The molecule has 138 valence electrons. The number of aromatic nitrogens is 2. The minimum Gasteiger partial charge on any atom is -0.359 e. The molecular weight excluding hydrogens is 349 g/mol. The zero-order valence-electron chi connectivity index (χ0n) is 14.0. The Morgan fingerprint density at radius 1 is 1.27 bits per heavy atom. The highest BCUT2D eigenvalue weighted by atomic mass is 19.3. The molecule has 2 aromatic rings. The van der Waals surface area contributed by atoms with Gasteiger partial charge >= 0.3 is 0 Å². The number of amides is 1. The predicted octanol–water partition coefficient (Wildman–Crippen LogP) is 2.00. The Morgan fingerprint density at radius 3 is 2.69 bits per heavy atom. The largest absolute Gasteiger partial charge is 0.359 e. The van der Waals surface area contributed by atoms with Crippen molar-refractivity contribution in [2.45, 2.75) is 19.9 Å². The third kappa shape index (κ3) is 3.56. The second-order valence-corrected chi connectivity index (χ2v) is 6.11. The summed E-state index contributed by atoms with van der Waals surface area (Å²) in [5, 5.41) is 5.55. The molecule has 26 heavy (non-hydrogen) atoms. The van der Waals surface area contributed by atoms with Crippen LogP contribution >= 0.6 is 0 Å². The average Bonchev–Trinajstić information content (AvgIpc) is 2.58. The molecule has 0 aliphatic carbocycles. The zero-order valence-corrected chi connectivity index (χ0v) is 14.0. The van der Waals surface area contributed by atoms with E-state index in [1.54, 1.807) is 17.9 Å². The van der Waals surface area contributed by atoms with E-state index < -0.39 is 17.5 Å². The van der Waals surface area contributed by atoms with Gasteiger partial charge in [-0.15, -0.1) is 0 Å². The number of carbonyl (C=O) groups excluding carboxylic acids is 1. The number of aryl methyl sites for hydroxylation is 1. The molecule has 1 aromatic heterocycles. The Balaban J connectivity index is 1.76. The van der Waals surface area contributed by atoms with Gasteiger partial charge in [0.25, 0.3) is 12.0 Å². The highest BCUT2D eigenvalue weighted by molar-refractivity contribution is 5.83. The lowest BCUT2D eigenvalue weighted by Gasteiger charge is -2.36. The summed E-state index contributed by atoms with van der Waals surface area (Å²) in [4.78, 5) is 27.1. The number of rotatable bonds is 4. The van der Waals surface area contributed by atoms with E-state index >= 15 is 0 Å². The summed E-state index contributed by atoms with van der Waals surface area (Å²) < 4.78 is 39.6. The van der Waals surface area contributed by atoms with Gasteiger partial charge < -0.3 is 9.80 Å². The van der Waals surface area contributed by atoms with Crippen molar-refractivity contribution in [3.8, 4) is 0 Å². The number of nitrogens with zero attached hydrogens (tertiary/aromatic N) is 3. The summed E-state index contributed by atoms with van der Waals surface area (Å²) in [7, 11) is 0. The number of carbonyl (C=O) groups is 1. The van der Waals surface area contributed by atoms with Crippen LogP contribution in [-0.2, 0) is 11.3 Å². The number of nitrogens with one attached hydrogen (secondary N) is 1. The first kappa shape index (κ1) is 18.0. The van der Waals surface area contributed by atoms with Crippen LogP contribution in [-0.4, -0.2) is 40.6 Å². The zero-order chi connectivity index (χ0) is 18.8.